The van der Waals surface area contributed by atoms with Crippen molar-refractivity contribution in [1.29, 1.82) is 0 Å². The minimum atomic E-state index is -1.30. The van der Waals surface area contributed by atoms with Crippen molar-refractivity contribution in [2.24, 2.45) is 5.41 Å². The first-order chi connectivity index (χ1) is 28.6. The number of anilines is 1. The zero-order valence-corrected chi connectivity index (χ0v) is 34.1. The van der Waals surface area contributed by atoms with Crippen molar-refractivity contribution >= 4 is 28.3 Å². The Balaban J connectivity index is 1.22. The minimum absolute atomic E-state index is 0.0729. The van der Waals surface area contributed by atoms with Crippen molar-refractivity contribution in [1.82, 2.24) is 4.90 Å². The Morgan fingerprint density at radius 3 is 2.31 bits per heavy atom. The summed E-state index contributed by atoms with van der Waals surface area (Å²) in [6, 6.07) is 47.5. The Bertz CT molecular complexity index is 2470. The van der Waals surface area contributed by atoms with Crippen molar-refractivity contribution in [3.8, 4) is 11.1 Å². The Morgan fingerprint density at radius 2 is 1.49 bits per heavy atom. The molecule has 0 aliphatic heterocycles. The number of carbonyl (C=O) groups excluding carboxylic acids is 2. The van der Waals surface area contributed by atoms with Gasteiger partial charge in [-0.25, -0.2) is 4.79 Å². The standard InChI is InChI=1S/C53H54N2O4/c1-37-15-14-31-52(2)49(46-29-27-38(33-43(56)28-26-37)34-48(46)50(57)47-25-12-11-24-45(47)40-16-5-3-6-17-40)30-32-53(52,59)36-55(51(58)54-42-21-7-4-8-22-42)35-41-20-13-19-39-18-9-10-23-44(39)41/h3-13,15-25,27,29,34,43,49,56,59H,14,26,28,30-33,35-36H2,1-2H3,(H,54,58)/t43-,49-,52-,53+/m0/s1. The number of benzene rings is 6. The van der Waals surface area contributed by atoms with Crippen molar-refractivity contribution in [3.63, 3.8) is 0 Å². The summed E-state index contributed by atoms with van der Waals surface area (Å²) in [5, 5.41) is 29.8. The fourth-order valence-corrected chi connectivity index (χ4v) is 9.77. The number of urea groups is 1. The molecule has 0 unspecified atom stereocenters. The van der Waals surface area contributed by atoms with Gasteiger partial charge in [-0.1, -0.05) is 146 Å². The monoisotopic (exact) mass is 782 g/mol. The highest BCUT2D eigenvalue weighted by Crippen LogP contribution is 2.59. The number of fused-ring (bicyclic) bond motifs is 9. The lowest BCUT2D eigenvalue weighted by atomic mass is 9.64. The van der Waals surface area contributed by atoms with Crippen molar-refractivity contribution in [2.75, 3.05) is 11.9 Å². The van der Waals surface area contributed by atoms with E-state index in [0.717, 1.165) is 51.4 Å². The molecule has 0 saturated heterocycles. The van der Waals surface area contributed by atoms with Gasteiger partial charge in [0.1, 0.15) is 0 Å². The van der Waals surface area contributed by atoms with E-state index in [4.69, 9.17) is 0 Å². The minimum Gasteiger partial charge on any atom is -0.393 e. The summed E-state index contributed by atoms with van der Waals surface area (Å²) in [7, 11) is 0. The molecule has 3 N–H and O–H groups in total. The van der Waals surface area contributed by atoms with Crippen LogP contribution in [0.2, 0.25) is 0 Å². The van der Waals surface area contributed by atoms with Crippen LogP contribution < -0.4 is 5.32 Å². The summed E-state index contributed by atoms with van der Waals surface area (Å²) < 4.78 is 0. The lowest BCUT2D eigenvalue weighted by Crippen LogP contribution is -2.54. The number of carbonyl (C=O) groups is 2. The number of para-hydroxylation sites is 1. The molecule has 1 fully saturated rings. The van der Waals surface area contributed by atoms with E-state index in [9.17, 15) is 15.0 Å². The van der Waals surface area contributed by atoms with Crippen LogP contribution in [0, 0.1) is 5.41 Å². The molecule has 6 heteroatoms. The van der Waals surface area contributed by atoms with Crippen LogP contribution in [0.25, 0.3) is 21.9 Å². The lowest BCUT2D eigenvalue weighted by Gasteiger charge is -2.46. The van der Waals surface area contributed by atoms with E-state index in [-0.39, 0.29) is 24.3 Å². The lowest BCUT2D eigenvalue weighted by molar-refractivity contribution is -0.0773. The Kier molecular flexibility index (Phi) is 11.6. The third kappa shape index (κ3) is 8.38. The highest BCUT2D eigenvalue weighted by atomic mass is 16.3. The molecule has 3 aliphatic carbocycles. The Morgan fingerprint density at radius 1 is 0.780 bits per heavy atom. The van der Waals surface area contributed by atoms with Crippen LogP contribution in [0.1, 0.15) is 90.9 Å². The highest BCUT2D eigenvalue weighted by Gasteiger charge is 2.57. The maximum atomic E-state index is 15.1. The molecule has 300 valence electrons. The number of rotatable bonds is 8. The normalized spacial score (nSPS) is 21.9. The van der Waals surface area contributed by atoms with Gasteiger partial charge < -0.3 is 20.4 Å². The molecule has 3 aliphatic rings. The molecule has 0 aromatic heterocycles. The van der Waals surface area contributed by atoms with Gasteiger partial charge in [-0.2, -0.15) is 0 Å². The molecular formula is C53H54N2O4. The van der Waals surface area contributed by atoms with Crippen molar-refractivity contribution < 1.29 is 19.8 Å². The van der Waals surface area contributed by atoms with Crippen LogP contribution in [-0.4, -0.2) is 45.2 Å². The van der Waals surface area contributed by atoms with E-state index < -0.39 is 17.1 Å². The summed E-state index contributed by atoms with van der Waals surface area (Å²) in [6.07, 6.45) is 5.99. The highest BCUT2D eigenvalue weighted by molar-refractivity contribution is 6.14. The number of allylic oxidation sites excluding steroid dienone is 2. The molecule has 6 aromatic carbocycles. The quantitative estimate of drug-likeness (QED) is 0.106. The number of amides is 2. The Hall–Kier alpha value is -5.82. The van der Waals surface area contributed by atoms with Gasteiger partial charge in [0, 0.05) is 28.8 Å². The van der Waals surface area contributed by atoms with Crippen molar-refractivity contribution in [3.05, 3.63) is 185 Å². The third-order valence-corrected chi connectivity index (χ3v) is 13.2. The van der Waals surface area contributed by atoms with E-state index in [1.807, 2.05) is 109 Å². The SMILES string of the molecule is CC1=CCC[C@@]2(C)[C@@H](CC[C@@]2(O)CN(Cc2cccc3ccccc23)C(=O)Nc2ccccc2)c2ccc(cc2C(=O)c2ccccc2-c2ccccc2)C[C@@H](O)CC1. The Labute approximate surface area is 348 Å². The number of aliphatic hydroxyl groups excluding tert-OH is 1. The van der Waals surface area contributed by atoms with Gasteiger partial charge in [0.2, 0.25) is 0 Å². The molecule has 2 amide bonds. The van der Waals surface area contributed by atoms with Gasteiger partial charge in [0.25, 0.3) is 0 Å². The molecule has 6 nitrogen and oxygen atoms in total. The predicted molar refractivity (Wildman–Crippen MR) is 239 cm³/mol. The summed E-state index contributed by atoms with van der Waals surface area (Å²) >= 11 is 0. The molecule has 59 heavy (non-hydrogen) atoms. The van der Waals surface area contributed by atoms with E-state index in [1.54, 1.807) is 4.90 Å². The van der Waals surface area contributed by atoms with Crippen LogP contribution in [0.5, 0.6) is 0 Å². The molecule has 0 heterocycles. The first-order valence-electron chi connectivity index (χ1n) is 21.1. The summed E-state index contributed by atoms with van der Waals surface area (Å²) in [4.78, 5) is 31.4. The van der Waals surface area contributed by atoms with Gasteiger partial charge in [0.15, 0.2) is 5.78 Å². The average molecular weight is 783 g/mol. The van der Waals surface area contributed by atoms with Crippen LogP contribution in [0.15, 0.2) is 157 Å². The smallest absolute Gasteiger partial charge is 0.322 e. The second-order valence-electron chi connectivity index (χ2n) is 17.0. The van der Waals surface area contributed by atoms with Gasteiger partial charge in [-0.15, -0.1) is 0 Å². The van der Waals surface area contributed by atoms with Gasteiger partial charge in [-0.3, -0.25) is 4.79 Å². The summed E-state index contributed by atoms with van der Waals surface area (Å²) in [6.45, 7) is 4.71. The topological polar surface area (TPSA) is 89.9 Å². The first kappa shape index (κ1) is 40.0. The molecule has 1 saturated carbocycles. The summed E-state index contributed by atoms with van der Waals surface area (Å²) in [5.74, 6) is -0.265. The zero-order valence-electron chi connectivity index (χ0n) is 34.1. The molecule has 0 spiro atoms. The van der Waals surface area contributed by atoms with E-state index in [1.165, 1.54) is 5.57 Å². The van der Waals surface area contributed by atoms with Gasteiger partial charge in [0.05, 0.1) is 18.2 Å². The van der Waals surface area contributed by atoms with Crippen LogP contribution in [-0.2, 0) is 13.0 Å². The third-order valence-electron chi connectivity index (χ3n) is 13.2. The van der Waals surface area contributed by atoms with E-state index >= 15 is 4.79 Å². The maximum Gasteiger partial charge on any atom is 0.322 e. The number of ketones is 1. The number of nitrogens with zero attached hydrogens (tertiary/aromatic N) is 1. The molecule has 4 atom stereocenters. The predicted octanol–water partition coefficient (Wildman–Crippen LogP) is 11.5. The average Bonchev–Trinajstić information content (AvgIpc) is 3.51. The second-order valence-corrected chi connectivity index (χ2v) is 17.0. The largest absolute Gasteiger partial charge is 0.393 e. The van der Waals surface area contributed by atoms with Crippen molar-refractivity contribution in [2.45, 2.75) is 83.0 Å². The molecule has 2 bridgehead atoms. The number of nitrogens with one attached hydrogen (secondary N) is 1. The van der Waals surface area contributed by atoms with Crippen LogP contribution in [0.3, 0.4) is 0 Å². The van der Waals surface area contributed by atoms with Gasteiger partial charge >= 0.3 is 6.03 Å². The number of hydrogen-bond acceptors (Lipinski definition) is 4. The zero-order chi connectivity index (χ0) is 41.0. The molecule has 6 aromatic rings. The molecule has 0 radical (unpaired) electrons. The van der Waals surface area contributed by atoms with E-state index in [2.05, 4.69) is 61.6 Å². The van der Waals surface area contributed by atoms with Crippen LogP contribution in [0.4, 0.5) is 10.5 Å². The van der Waals surface area contributed by atoms with E-state index in [0.29, 0.717) is 55.5 Å². The van der Waals surface area contributed by atoms with Gasteiger partial charge in [-0.05, 0) is 115 Å². The fourth-order valence-electron chi connectivity index (χ4n) is 9.77. The van der Waals surface area contributed by atoms with Crippen LogP contribution >= 0.6 is 0 Å². The maximum absolute atomic E-state index is 15.1. The molecular weight excluding hydrogens is 729 g/mol. The number of hydrogen-bond donors (Lipinski definition) is 3. The fraction of sp³-hybridized carbons (Fsp3) is 0.283. The first-order valence-corrected chi connectivity index (χ1v) is 21.1. The second kappa shape index (κ2) is 17.2. The number of aliphatic hydroxyl groups is 2. The molecule has 9 rings (SSSR count). The summed E-state index contributed by atoms with van der Waals surface area (Å²) in [5.41, 5.74) is 5.74.